The highest BCUT2D eigenvalue weighted by atomic mass is 32.1. The molecule has 0 radical (unpaired) electrons. The van der Waals surface area contributed by atoms with Gasteiger partial charge in [-0.3, -0.25) is 0 Å². The van der Waals surface area contributed by atoms with Crippen molar-refractivity contribution >= 4 is 21.4 Å². The molecular weight excluding hydrogens is 752 g/mol. The highest BCUT2D eigenvalue weighted by Crippen LogP contribution is 2.43. The Morgan fingerprint density at radius 3 is 1.71 bits per heavy atom. The summed E-state index contributed by atoms with van der Waals surface area (Å²) in [6.07, 6.45) is -5.15. The maximum Gasteiger partial charge on any atom is 0.222 e. The minimum absolute atomic E-state index is 0.0102. The third kappa shape index (κ3) is 9.29. The largest absolute Gasteiger partial charge is 0.383 e. The van der Waals surface area contributed by atoms with Crippen LogP contribution in [0.3, 0.4) is 0 Å². The maximum atomic E-state index is 15.9. The Bertz CT molecular complexity index is 2310. The van der Waals surface area contributed by atoms with Crippen LogP contribution in [0, 0.1) is 5.82 Å². The van der Waals surface area contributed by atoms with E-state index < -0.39 is 42.1 Å². The fourth-order valence-electron chi connectivity index (χ4n) is 7.35. The zero-order chi connectivity index (χ0) is 39.7. The lowest BCUT2D eigenvalue weighted by Gasteiger charge is -2.50. The summed E-state index contributed by atoms with van der Waals surface area (Å²) in [4.78, 5) is 0.566. The number of hydrogen-bond acceptors (Lipinski definition) is 8. The molecule has 296 valence electrons. The van der Waals surface area contributed by atoms with E-state index in [-0.39, 0.29) is 44.2 Å². The van der Waals surface area contributed by atoms with E-state index in [2.05, 4.69) is 0 Å². The summed E-state index contributed by atoms with van der Waals surface area (Å²) in [7, 11) is 0. The molecule has 6 atom stereocenters. The Balaban J connectivity index is 1.20. The molecule has 1 fully saturated rings. The van der Waals surface area contributed by atoms with Crippen LogP contribution in [-0.2, 0) is 55.9 Å². The van der Waals surface area contributed by atoms with E-state index in [1.807, 2.05) is 152 Å². The van der Waals surface area contributed by atoms with Crippen LogP contribution in [0.15, 0.2) is 170 Å². The monoisotopic (exact) mass is 796 g/mol. The number of aliphatic hydroxyl groups excluding tert-OH is 1. The van der Waals surface area contributed by atoms with Crippen LogP contribution < -0.4 is 0 Å². The summed E-state index contributed by atoms with van der Waals surface area (Å²) in [6, 6.07) is 52.7. The molecule has 58 heavy (non-hydrogen) atoms. The van der Waals surface area contributed by atoms with Crippen molar-refractivity contribution in [2.45, 2.75) is 62.7 Å². The molecule has 0 spiro atoms. The molecule has 9 heteroatoms. The fraction of sp³-hybridized carbons (Fsp3) is 0.224. The van der Waals surface area contributed by atoms with E-state index in [4.69, 9.17) is 23.7 Å². The summed E-state index contributed by atoms with van der Waals surface area (Å²) in [5.41, 5.74) is 3.85. The third-order valence-corrected chi connectivity index (χ3v) is 11.5. The Labute approximate surface area is 341 Å². The molecule has 2 heterocycles. The minimum Gasteiger partial charge on any atom is -0.383 e. The van der Waals surface area contributed by atoms with Gasteiger partial charge < -0.3 is 33.9 Å². The first kappa shape index (κ1) is 39.7. The first-order chi connectivity index (χ1) is 28.4. The van der Waals surface area contributed by atoms with Gasteiger partial charge in [-0.05, 0) is 51.9 Å². The Hall–Kier alpha value is -5.07. The smallest absolute Gasteiger partial charge is 0.222 e. The second-order valence-electron chi connectivity index (χ2n) is 14.4. The van der Waals surface area contributed by atoms with Crippen molar-refractivity contribution in [1.82, 2.24) is 0 Å². The molecule has 1 aliphatic rings. The van der Waals surface area contributed by atoms with Crippen LogP contribution >= 0.6 is 11.3 Å². The lowest BCUT2D eigenvalue weighted by molar-refractivity contribution is -0.378. The molecular formula is C49H45FO7S. The number of aliphatic hydroxyl groups is 2. The molecule has 0 aliphatic carbocycles. The lowest BCUT2D eigenvalue weighted by atomic mass is 9.86. The molecule has 1 saturated heterocycles. The van der Waals surface area contributed by atoms with Gasteiger partial charge >= 0.3 is 0 Å². The number of ether oxygens (including phenoxy) is 5. The van der Waals surface area contributed by atoms with Gasteiger partial charge in [-0.1, -0.05) is 146 Å². The summed E-state index contributed by atoms with van der Waals surface area (Å²) < 4.78 is 50.2. The number of fused-ring (bicyclic) bond motifs is 1. The standard InChI is InChI=1S/C49H45FO7S/c50-41-26-25-39(28-40(41)45(51)44-27-38-23-13-14-24-43(38)58-44)49(52)48(56-32-37-21-11-4-12-22-37)47(55-31-36-19-9-3-10-20-36)46(54-30-35-17-7-2-8-18-35)42(57-49)33-53-29-34-15-5-1-6-16-34/h1-28,42,45-48,51-52H,29-33H2. The molecule has 0 bridgehead atoms. The number of halogens is 1. The maximum absolute atomic E-state index is 15.9. The average molecular weight is 797 g/mol. The molecule has 1 aromatic heterocycles. The topological polar surface area (TPSA) is 86.6 Å². The van der Waals surface area contributed by atoms with Gasteiger partial charge in [0.2, 0.25) is 5.79 Å². The predicted molar refractivity (Wildman–Crippen MR) is 222 cm³/mol. The lowest BCUT2D eigenvalue weighted by Crippen LogP contribution is -2.65. The molecule has 0 saturated carbocycles. The van der Waals surface area contributed by atoms with Crippen molar-refractivity contribution in [3.8, 4) is 0 Å². The fourth-order valence-corrected chi connectivity index (χ4v) is 8.42. The van der Waals surface area contributed by atoms with E-state index >= 15 is 4.39 Å². The van der Waals surface area contributed by atoms with Crippen molar-refractivity contribution in [3.05, 3.63) is 214 Å². The Morgan fingerprint density at radius 2 is 1.12 bits per heavy atom. The SMILES string of the molecule is OC(c1cc2ccccc2s1)c1cc(C2(O)OC(COCc3ccccc3)C(OCc3ccccc3)C(OCc3ccccc3)C2OCc2ccccc2)ccc1F. The van der Waals surface area contributed by atoms with Gasteiger partial charge in [-0.2, -0.15) is 0 Å². The van der Waals surface area contributed by atoms with Crippen LogP contribution in [0.2, 0.25) is 0 Å². The highest BCUT2D eigenvalue weighted by molar-refractivity contribution is 7.19. The first-order valence-electron chi connectivity index (χ1n) is 19.4. The van der Waals surface area contributed by atoms with Gasteiger partial charge in [0.25, 0.3) is 0 Å². The molecule has 6 unspecified atom stereocenters. The van der Waals surface area contributed by atoms with Crippen LogP contribution in [0.1, 0.15) is 44.4 Å². The number of rotatable bonds is 16. The van der Waals surface area contributed by atoms with Crippen molar-refractivity contribution in [2.75, 3.05) is 6.61 Å². The number of hydrogen-bond donors (Lipinski definition) is 2. The summed E-state index contributed by atoms with van der Waals surface area (Å²) >= 11 is 1.38. The molecule has 0 amide bonds. The van der Waals surface area contributed by atoms with Crippen molar-refractivity contribution in [2.24, 2.45) is 0 Å². The molecule has 7 nitrogen and oxygen atoms in total. The van der Waals surface area contributed by atoms with Gasteiger partial charge in [-0.25, -0.2) is 4.39 Å². The Morgan fingerprint density at radius 1 is 0.603 bits per heavy atom. The van der Waals surface area contributed by atoms with E-state index in [0.717, 1.165) is 32.3 Å². The van der Waals surface area contributed by atoms with E-state index in [1.54, 1.807) is 0 Å². The van der Waals surface area contributed by atoms with E-state index in [9.17, 15) is 10.2 Å². The molecule has 1 aliphatic heterocycles. The summed E-state index contributed by atoms with van der Waals surface area (Å²) in [6.45, 7) is 0.805. The zero-order valence-electron chi connectivity index (χ0n) is 31.8. The van der Waals surface area contributed by atoms with Gasteiger partial charge in [0.05, 0.1) is 33.0 Å². The molecule has 8 rings (SSSR count). The summed E-state index contributed by atoms with van der Waals surface area (Å²) in [5.74, 6) is -2.86. The predicted octanol–water partition coefficient (Wildman–Crippen LogP) is 9.64. The van der Waals surface area contributed by atoms with E-state index in [0.29, 0.717) is 4.88 Å². The number of benzene rings is 6. The highest BCUT2D eigenvalue weighted by Gasteiger charge is 2.57. The zero-order valence-corrected chi connectivity index (χ0v) is 32.6. The van der Waals surface area contributed by atoms with Gasteiger partial charge in [0.1, 0.15) is 36.3 Å². The van der Waals surface area contributed by atoms with Gasteiger partial charge in [0, 0.05) is 20.7 Å². The van der Waals surface area contributed by atoms with Crippen LogP contribution in [0.25, 0.3) is 10.1 Å². The second-order valence-corrected chi connectivity index (χ2v) is 15.5. The average Bonchev–Trinajstić information content (AvgIpc) is 3.71. The van der Waals surface area contributed by atoms with Crippen molar-refractivity contribution in [1.29, 1.82) is 0 Å². The first-order valence-corrected chi connectivity index (χ1v) is 20.2. The minimum atomic E-state index is -2.23. The molecule has 7 aromatic rings. The summed E-state index contributed by atoms with van der Waals surface area (Å²) in [5, 5.41) is 25.8. The molecule has 6 aromatic carbocycles. The van der Waals surface area contributed by atoms with Crippen LogP contribution in [0.5, 0.6) is 0 Å². The van der Waals surface area contributed by atoms with Crippen molar-refractivity contribution < 1.29 is 38.3 Å². The van der Waals surface area contributed by atoms with Crippen LogP contribution in [0.4, 0.5) is 4.39 Å². The number of thiophene rings is 1. The Kier molecular flexibility index (Phi) is 12.8. The van der Waals surface area contributed by atoms with Crippen LogP contribution in [-0.4, -0.2) is 41.2 Å². The second kappa shape index (κ2) is 18.7. The quantitative estimate of drug-likeness (QED) is 0.101. The molecule has 2 N–H and O–H groups in total. The normalized spacial score (nSPS) is 21.2. The third-order valence-electron chi connectivity index (χ3n) is 10.4. The van der Waals surface area contributed by atoms with Gasteiger partial charge in [0.15, 0.2) is 0 Å². The van der Waals surface area contributed by atoms with E-state index in [1.165, 1.54) is 29.5 Å². The van der Waals surface area contributed by atoms with Gasteiger partial charge in [-0.15, -0.1) is 11.3 Å². The van der Waals surface area contributed by atoms with Crippen molar-refractivity contribution in [3.63, 3.8) is 0 Å².